The number of rotatable bonds is 6. The van der Waals surface area contributed by atoms with Crippen molar-refractivity contribution >= 4 is 9.84 Å². The molecule has 0 amide bonds. The Morgan fingerprint density at radius 1 is 1.03 bits per heavy atom. The van der Waals surface area contributed by atoms with Gasteiger partial charge in [-0.15, -0.1) is 0 Å². The van der Waals surface area contributed by atoms with Gasteiger partial charge in [-0.1, -0.05) is 19.3 Å². The smallest absolute Gasteiger partial charge is 0.227 e. The predicted molar refractivity (Wildman–Crippen MR) is 113 cm³/mol. The van der Waals surface area contributed by atoms with Crippen LogP contribution in [0.25, 0.3) is 0 Å². The third-order valence-corrected chi connectivity index (χ3v) is 7.54. The zero-order chi connectivity index (χ0) is 20.3. The summed E-state index contributed by atoms with van der Waals surface area (Å²) in [4.78, 5) is 10.9. The van der Waals surface area contributed by atoms with Gasteiger partial charge in [0.25, 0.3) is 0 Å². The van der Waals surface area contributed by atoms with Crippen LogP contribution in [-0.2, 0) is 22.9 Å². The van der Waals surface area contributed by atoms with Crippen LogP contribution >= 0.6 is 0 Å². The van der Waals surface area contributed by atoms with Crippen molar-refractivity contribution in [2.45, 2.75) is 69.1 Å². The first kappa shape index (κ1) is 20.5. The van der Waals surface area contributed by atoms with Crippen molar-refractivity contribution in [2.75, 3.05) is 19.3 Å². The van der Waals surface area contributed by atoms with Gasteiger partial charge in [0.2, 0.25) is 15.0 Å². The Kier molecular flexibility index (Phi) is 6.35. The minimum absolute atomic E-state index is 0.241. The molecule has 29 heavy (non-hydrogen) atoms. The molecule has 2 aromatic rings. The van der Waals surface area contributed by atoms with Gasteiger partial charge in [-0.2, -0.15) is 0 Å². The maximum Gasteiger partial charge on any atom is 0.227 e. The Bertz CT molecular complexity index is 896. The summed E-state index contributed by atoms with van der Waals surface area (Å²) in [6.07, 6.45) is 15.3. The highest BCUT2D eigenvalue weighted by atomic mass is 32.2. The van der Waals surface area contributed by atoms with Crippen molar-refractivity contribution in [3.63, 3.8) is 0 Å². The van der Waals surface area contributed by atoms with Crippen LogP contribution < -0.4 is 0 Å². The first-order valence-corrected chi connectivity index (χ1v) is 12.8. The van der Waals surface area contributed by atoms with Crippen molar-refractivity contribution in [1.82, 2.24) is 19.4 Å². The van der Waals surface area contributed by atoms with E-state index < -0.39 is 9.84 Å². The molecule has 0 spiro atoms. The number of hydrogen-bond acceptors (Lipinski definition) is 5. The fourth-order valence-electron chi connectivity index (χ4n) is 4.93. The van der Waals surface area contributed by atoms with Crippen LogP contribution in [0.15, 0.2) is 35.9 Å². The summed E-state index contributed by atoms with van der Waals surface area (Å²) in [5.74, 6) is 1.16. The summed E-state index contributed by atoms with van der Waals surface area (Å²) < 4.78 is 26.6. The van der Waals surface area contributed by atoms with E-state index >= 15 is 0 Å². The average molecular weight is 417 g/mol. The topological polar surface area (TPSA) is 68.1 Å². The molecule has 0 bridgehead atoms. The lowest BCUT2D eigenvalue weighted by Crippen LogP contribution is -2.33. The molecule has 2 aromatic heterocycles. The van der Waals surface area contributed by atoms with Gasteiger partial charge in [-0.3, -0.25) is 9.88 Å². The molecule has 0 aromatic carbocycles. The van der Waals surface area contributed by atoms with Gasteiger partial charge >= 0.3 is 0 Å². The minimum Gasteiger partial charge on any atom is -0.317 e. The molecular weight excluding hydrogens is 384 g/mol. The molecule has 158 valence electrons. The Morgan fingerprint density at radius 3 is 2.38 bits per heavy atom. The molecule has 0 N–H and O–H groups in total. The van der Waals surface area contributed by atoms with Gasteiger partial charge in [0, 0.05) is 31.7 Å². The van der Waals surface area contributed by atoms with E-state index in [2.05, 4.69) is 27.0 Å². The lowest BCUT2D eigenvalue weighted by molar-refractivity contribution is 0.197. The maximum absolute atomic E-state index is 12.3. The number of aromatic nitrogens is 3. The van der Waals surface area contributed by atoms with Crippen LogP contribution in [-0.4, -0.2) is 47.2 Å². The first-order chi connectivity index (χ1) is 14.0. The SMILES string of the molecule is CS(=O)(=O)c1ncc(CN2CCC(c3ccncc3)CC2)n1CC1CCCCC1. The van der Waals surface area contributed by atoms with Gasteiger partial charge in [0.05, 0.1) is 11.9 Å². The molecular formula is C22H32N4O2S. The van der Waals surface area contributed by atoms with Crippen molar-refractivity contribution in [3.05, 3.63) is 42.0 Å². The Labute approximate surface area is 174 Å². The highest BCUT2D eigenvalue weighted by molar-refractivity contribution is 7.90. The molecule has 0 radical (unpaired) electrons. The Hall–Kier alpha value is -1.73. The van der Waals surface area contributed by atoms with Crippen molar-refractivity contribution in [3.8, 4) is 0 Å². The van der Waals surface area contributed by atoms with Gasteiger partial charge in [-0.25, -0.2) is 13.4 Å². The van der Waals surface area contributed by atoms with E-state index in [0.717, 1.165) is 44.7 Å². The largest absolute Gasteiger partial charge is 0.317 e. The molecule has 1 saturated heterocycles. The summed E-state index contributed by atoms with van der Waals surface area (Å²) in [7, 11) is -3.32. The fraction of sp³-hybridized carbons (Fsp3) is 0.636. The number of imidazole rings is 1. The van der Waals surface area contributed by atoms with Crippen molar-refractivity contribution < 1.29 is 8.42 Å². The van der Waals surface area contributed by atoms with Crippen molar-refractivity contribution in [1.29, 1.82) is 0 Å². The third kappa shape index (κ3) is 5.07. The number of hydrogen-bond donors (Lipinski definition) is 0. The molecule has 3 heterocycles. The fourth-order valence-corrected chi connectivity index (χ4v) is 5.76. The quantitative estimate of drug-likeness (QED) is 0.719. The summed E-state index contributed by atoms with van der Waals surface area (Å²) in [5, 5.41) is 0.241. The van der Waals surface area contributed by atoms with E-state index in [0.29, 0.717) is 11.8 Å². The summed E-state index contributed by atoms with van der Waals surface area (Å²) in [6.45, 7) is 3.61. The lowest BCUT2D eigenvalue weighted by Gasteiger charge is -2.32. The van der Waals surface area contributed by atoms with Crippen LogP contribution in [0.3, 0.4) is 0 Å². The summed E-state index contributed by atoms with van der Waals surface area (Å²) in [5.41, 5.74) is 2.42. The van der Waals surface area contributed by atoms with Gasteiger partial charge in [-0.05, 0) is 68.3 Å². The molecule has 1 aliphatic carbocycles. The van der Waals surface area contributed by atoms with E-state index in [9.17, 15) is 8.42 Å². The molecule has 0 unspecified atom stereocenters. The second kappa shape index (κ2) is 8.96. The molecule has 1 aliphatic heterocycles. The highest BCUT2D eigenvalue weighted by Gasteiger charge is 2.25. The van der Waals surface area contributed by atoms with E-state index in [1.807, 2.05) is 17.0 Å². The number of likely N-dealkylation sites (tertiary alicyclic amines) is 1. The molecule has 1 saturated carbocycles. The van der Waals surface area contributed by atoms with Crippen LogP contribution in [0.2, 0.25) is 0 Å². The van der Waals surface area contributed by atoms with E-state index in [-0.39, 0.29) is 5.16 Å². The zero-order valence-electron chi connectivity index (χ0n) is 17.3. The van der Waals surface area contributed by atoms with Gasteiger partial charge in [0.1, 0.15) is 0 Å². The van der Waals surface area contributed by atoms with Crippen LogP contribution in [0.5, 0.6) is 0 Å². The number of piperidine rings is 1. The third-order valence-electron chi connectivity index (χ3n) is 6.55. The Morgan fingerprint density at radius 2 is 1.72 bits per heavy atom. The summed E-state index contributed by atoms with van der Waals surface area (Å²) in [6, 6.07) is 4.25. The molecule has 2 aliphatic rings. The zero-order valence-corrected chi connectivity index (χ0v) is 18.1. The minimum atomic E-state index is -3.32. The number of sulfone groups is 1. The maximum atomic E-state index is 12.3. The van der Waals surface area contributed by atoms with E-state index in [1.165, 1.54) is 43.9 Å². The van der Waals surface area contributed by atoms with Crippen LogP contribution in [0.4, 0.5) is 0 Å². The van der Waals surface area contributed by atoms with Crippen LogP contribution in [0, 0.1) is 5.92 Å². The molecule has 6 nitrogen and oxygen atoms in total. The molecule has 0 atom stereocenters. The second-order valence-corrected chi connectivity index (χ2v) is 10.7. The molecule has 7 heteroatoms. The first-order valence-electron chi connectivity index (χ1n) is 10.9. The van der Waals surface area contributed by atoms with Gasteiger partial charge < -0.3 is 4.57 Å². The Balaban J connectivity index is 1.45. The highest BCUT2D eigenvalue weighted by Crippen LogP contribution is 2.30. The van der Waals surface area contributed by atoms with Crippen molar-refractivity contribution in [2.24, 2.45) is 5.92 Å². The van der Waals surface area contributed by atoms with E-state index in [4.69, 9.17) is 0 Å². The summed E-state index contributed by atoms with van der Waals surface area (Å²) >= 11 is 0. The molecule has 4 rings (SSSR count). The lowest BCUT2D eigenvalue weighted by atomic mass is 9.89. The monoisotopic (exact) mass is 416 g/mol. The normalized spacial score (nSPS) is 20.2. The number of nitrogens with zero attached hydrogens (tertiary/aromatic N) is 4. The standard InChI is InChI=1S/C22H32N4O2S/c1-29(27,28)22-24-15-21(26(22)16-18-5-3-2-4-6-18)17-25-13-9-20(10-14-25)19-7-11-23-12-8-19/h7-8,11-12,15,18,20H,2-6,9-10,13-14,16-17H2,1H3. The average Bonchev–Trinajstić information content (AvgIpc) is 3.12. The number of pyridine rings is 1. The molecule has 2 fully saturated rings. The van der Waals surface area contributed by atoms with E-state index in [1.54, 1.807) is 6.20 Å². The van der Waals surface area contributed by atoms with Crippen LogP contribution in [0.1, 0.15) is 62.1 Å². The predicted octanol–water partition coefficient (Wildman–Crippen LogP) is 3.64. The van der Waals surface area contributed by atoms with Gasteiger partial charge in [0.15, 0.2) is 0 Å². The second-order valence-electron chi connectivity index (χ2n) is 8.75.